The molecule has 0 saturated heterocycles. The highest BCUT2D eigenvalue weighted by molar-refractivity contribution is 5.19. The molecule has 66 valence electrons. The van der Waals surface area contributed by atoms with Crippen molar-refractivity contribution in [3.05, 3.63) is 33.7 Å². The van der Waals surface area contributed by atoms with Crippen molar-refractivity contribution in [1.29, 1.82) is 0 Å². The van der Waals surface area contributed by atoms with Crippen molar-refractivity contribution in [2.75, 3.05) is 7.05 Å². The standard InChI is InChI=1S/C9H14N2O/c1-6-4-8(7(2)10-3)5-11-9(6)12/h4-5,7,10H,1-3H3,(H,11,12)/t7-/m1/s1. The lowest BCUT2D eigenvalue weighted by atomic mass is 10.1. The van der Waals surface area contributed by atoms with Gasteiger partial charge in [-0.25, -0.2) is 0 Å². The molecule has 0 unspecified atom stereocenters. The first kappa shape index (κ1) is 9.00. The van der Waals surface area contributed by atoms with E-state index in [1.54, 1.807) is 6.20 Å². The van der Waals surface area contributed by atoms with E-state index in [0.717, 1.165) is 11.1 Å². The molecule has 1 heterocycles. The molecule has 2 N–H and O–H groups in total. The van der Waals surface area contributed by atoms with E-state index >= 15 is 0 Å². The third kappa shape index (κ3) is 1.74. The Morgan fingerprint density at radius 2 is 2.25 bits per heavy atom. The molecule has 0 aliphatic rings. The van der Waals surface area contributed by atoms with Gasteiger partial charge in [0.25, 0.3) is 5.56 Å². The number of aromatic nitrogens is 1. The summed E-state index contributed by atoms with van der Waals surface area (Å²) in [5.74, 6) is 0. The minimum absolute atomic E-state index is 0.0120. The Hall–Kier alpha value is -1.09. The Bertz CT molecular complexity index is 317. The number of hydrogen-bond acceptors (Lipinski definition) is 2. The lowest BCUT2D eigenvalue weighted by molar-refractivity contribution is 0.648. The van der Waals surface area contributed by atoms with Gasteiger partial charge in [0.15, 0.2) is 0 Å². The maximum Gasteiger partial charge on any atom is 0.250 e. The topological polar surface area (TPSA) is 44.9 Å². The fourth-order valence-electron chi connectivity index (χ4n) is 1.04. The van der Waals surface area contributed by atoms with Crippen LogP contribution in [0.5, 0.6) is 0 Å². The summed E-state index contributed by atoms with van der Waals surface area (Å²) >= 11 is 0. The highest BCUT2D eigenvalue weighted by atomic mass is 16.1. The van der Waals surface area contributed by atoms with E-state index in [1.165, 1.54) is 0 Å². The highest BCUT2D eigenvalue weighted by Gasteiger charge is 2.02. The number of H-pyrrole nitrogens is 1. The number of pyridine rings is 1. The molecular weight excluding hydrogens is 152 g/mol. The maximum atomic E-state index is 11.0. The molecule has 0 amide bonds. The number of rotatable bonds is 2. The summed E-state index contributed by atoms with van der Waals surface area (Å²) in [4.78, 5) is 13.7. The lowest BCUT2D eigenvalue weighted by Gasteiger charge is -2.09. The number of nitrogens with one attached hydrogen (secondary N) is 2. The molecule has 0 aliphatic carbocycles. The van der Waals surface area contributed by atoms with E-state index in [4.69, 9.17) is 0 Å². The number of aromatic amines is 1. The average molecular weight is 166 g/mol. The summed E-state index contributed by atoms with van der Waals surface area (Å²) < 4.78 is 0. The van der Waals surface area contributed by atoms with Crippen molar-refractivity contribution >= 4 is 0 Å². The lowest BCUT2D eigenvalue weighted by Crippen LogP contribution is -2.16. The average Bonchev–Trinajstić information content (AvgIpc) is 2.08. The van der Waals surface area contributed by atoms with Crippen LogP contribution in [-0.4, -0.2) is 12.0 Å². The summed E-state index contributed by atoms with van der Waals surface area (Å²) in [6, 6.07) is 2.18. The molecule has 3 heteroatoms. The second kappa shape index (κ2) is 3.54. The zero-order valence-electron chi connectivity index (χ0n) is 7.64. The quantitative estimate of drug-likeness (QED) is 0.687. The second-order valence-electron chi connectivity index (χ2n) is 2.96. The normalized spacial score (nSPS) is 12.9. The molecule has 12 heavy (non-hydrogen) atoms. The molecule has 0 aromatic carbocycles. The summed E-state index contributed by atoms with van der Waals surface area (Å²) in [6.45, 7) is 3.86. The predicted octanol–water partition coefficient (Wildman–Crippen LogP) is 0.964. The fourth-order valence-corrected chi connectivity index (χ4v) is 1.04. The van der Waals surface area contributed by atoms with Gasteiger partial charge in [-0.15, -0.1) is 0 Å². The van der Waals surface area contributed by atoms with E-state index in [-0.39, 0.29) is 11.6 Å². The summed E-state index contributed by atoms with van der Waals surface area (Å²) in [6.07, 6.45) is 1.75. The van der Waals surface area contributed by atoms with Crippen LogP contribution in [0.1, 0.15) is 24.1 Å². The van der Waals surface area contributed by atoms with Gasteiger partial charge in [-0.3, -0.25) is 4.79 Å². The van der Waals surface area contributed by atoms with Crippen molar-refractivity contribution in [3.63, 3.8) is 0 Å². The Labute approximate surface area is 71.8 Å². The monoisotopic (exact) mass is 166 g/mol. The number of aryl methyl sites for hydroxylation is 1. The molecule has 1 atom stereocenters. The largest absolute Gasteiger partial charge is 0.329 e. The fraction of sp³-hybridized carbons (Fsp3) is 0.444. The van der Waals surface area contributed by atoms with Crippen LogP contribution in [0.3, 0.4) is 0 Å². The van der Waals surface area contributed by atoms with Crippen molar-refractivity contribution in [3.8, 4) is 0 Å². The van der Waals surface area contributed by atoms with E-state index in [0.29, 0.717) is 0 Å². The van der Waals surface area contributed by atoms with Gasteiger partial charge in [-0.1, -0.05) is 0 Å². The van der Waals surface area contributed by atoms with Gasteiger partial charge in [-0.05, 0) is 32.5 Å². The van der Waals surface area contributed by atoms with Crippen molar-refractivity contribution < 1.29 is 0 Å². The SMILES string of the molecule is CN[C@H](C)c1c[nH]c(=O)c(C)c1. The van der Waals surface area contributed by atoms with E-state index in [9.17, 15) is 4.79 Å². The maximum absolute atomic E-state index is 11.0. The highest BCUT2D eigenvalue weighted by Crippen LogP contribution is 2.08. The molecule has 3 nitrogen and oxygen atoms in total. The van der Waals surface area contributed by atoms with Crippen molar-refractivity contribution in [2.45, 2.75) is 19.9 Å². The molecule has 1 rings (SSSR count). The second-order valence-corrected chi connectivity index (χ2v) is 2.96. The minimum atomic E-state index is -0.0120. The van der Waals surface area contributed by atoms with E-state index in [1.807, 2.05) is 27.0 Å². The Balaban J connectivity index is 3.04. The van der Waals surface area contributed by atoms with Crippen molar-refractivity contribution in [2.24, 2.45) is 0 Å². The first-order valence-corrected chi connectivity index (χ1v) is 4.01. The van der Waals surface area contributed by atoms with Gasteiger partial charge in [0.2, 0.25) is 0 Å². The van der Waals surface area contributed by atoms with Gasteiger partial charge >= 0.3 is 0 Å². The molecule has 0 aliphatic heterocycles. The third-order valence-corrected chi connectivity index (χ3v) is 2.04. The zero-order chi connectivity index (χ0) is 9.14. The first-order valence-electron chi connectivity index (χ1n) is 4.01. The van der Waals surface area contributed by atoms with Gasteiger partial charge in [-0.2, -0.15) is 0 Å². The predicted molar refractivity (Wildman–Crippen MR) is 49.3 cm³/mol. The summed E-state index contributed by atoms with van der Waals surface area (Å²) in [5, 5.41) is 3.11. The van der Waals surface area contributed by atoms with Gasteiger partial charge < -0.3 is 10.3 Å². The zero-order valence-corrected chi connectivity index (χ0v) is 7.64. The van der Waals surface area contributed by atoms with Crippen LogP contribution in [0.4, 0.5) is 0 Å². The van der Waals surface area contributed by atoms with E-state index < -0.39 is 0 Å². The summed E-state index contributed by atoms with van der Waals surface area (Å²) in [5.41, 5.74) is 1.85. The minimum Gasteiger partial charge on any atom is -0.329 e. The molecule has 1 aromatic heterocycles. The van der Waals surface area contributed by atoms with Gasteiger partial charge in [0.05, 0.1) is 0 Å². The van der Waals surface area contributed by atoms with Crippen LogP contribution >= 0.6 is 0 Å². The van der Waals surface area contributed by atoms with Crippen LogP contribution < -0.4 is 10.9 Å². The van der Waals surface area contributed by atoms with Crippen LogP contribution in [0, 0.1) is 6.92 Å². The Kier molecular flexibility index (Phi) is 2.65. The number of hydrogen-bond donors (Lipinski definition) is 2. The molecule has 0 radical (unpaired) electrons. The third-order valence-electron chi connectivity index (χ3n) is 2.04. The van der Waals surface area contributed by atoms with Crippen LogP contribution in [-0.2, 0) is 0 Å². The van der Waals surface area contributed by atoms with Crippen LogP contribution in [0.15, 0.2) is 17.1 Å². The van der Waals surface area contributed by atoms with Gasteiger partial charge in [0.1, 0.15) is 0 Å². The molecule has 0 bridgehead atoms. The first-order chi connectivity index (χ1) is 5.65. The molecular formula is C9H14N2O. The molecule has 0 spiro atoms. The van der Waals surface area contributed by atoms with Crippen molar-refractivity contribution in [1.82, 2.24) is 10.3 Å². The van der Waals surface area contributed by atoms with Crippen LogP contribution in [0.25, 0.3) is 0 Å². The Morgan fingerprint density at radius 3 is 2.75 bits per heavy atom. The van der Waals surface area contributed by atoms with E-state index in [2.05, 4.69) is 10.3 Å². The Morgan fingerprint density at radius 1 is 1.58 bits per heavy atom. The summed E-state index contributed by atoms with van der Waals surface area (Å²) in [7, 11) is 1.89. The molecule has 0 saturated carbocycles. The van der Waals surface area contributed by atoms with Gasteiger partial charge in [0, 0.05) is 17.8 Å². The molecule has 0 fully saturated rings. The van der Waals surface area contributed by atoms with Crippen LogP contribution in [0.2, 0.25) is 0 Å². The smallest absolute Gasteiger partial charge is 0.250 e. The molecule has 1 aromatic rings.